The normalized spacial score (nSPS) is 37.6. The van der Waals surface area contributed by atoms with Crippen molar-refractivity contribution in [1.29, 1.82) is 0 Å². The Morgan fingerprint density at radius 2 is 1.94 bits per heavy atom. The van der Waals surface area contributed by atoms with E-state index in [4.69, 9.17) is 10.5 Å². The molecule has 0 radical (unpaired) electrons. The van der Waals surface area contributed by atoms with E-state index in [1.807, 2.05) is 0 Å². The van der Waals surface area contributed by atoms with Crippen molar-refractivity contribution < 1.29 is 32.9 Å². The first-order chi connectivity index (χ1) is 14.5. The number of aromatic nitrogens is 2. The summed E-state index contributed by atoms with van der Waals surface area (Å²) < 4.78 is 43.8. The lowest BCUT2D eigenvalue weighted by molar-refractivity contribution is -0.153. The minimum Gasteiger partial charge on any atom is -0.388 e. The topological polar surface area (TPSA) is 143 Å². The highest BCUT2D eigenvalue weighted by molar-refractivity contribution is 5.77. The molecule has 12 heteroatoms. The largest absolute Gasteiger partial charge is 0.434 e. The number of hydrogen-bond donors (Lipinski definition) is 5. The van der Waals surface area contributed by atoms with Gasteiger partial charge in [-0.25, -0.2) is 4.98 Å². The maximum Gasteiger partial charge on any atom is 0.434 e. The van der Waals surface area contributed by atoms with Crippen molar-refractivity contribution in [2.24, 2.45) is 11.1 Å². The fraction of sp³-hybridized carbons (Fsp3) is 0.737. The van der Waals surface area contributed by atoms with Gasteiger partial charge in [0.2, 0.25) is 5.91 Å². The Labute approximate surface area is 176 Å². The molecule has 0 bridgehead atoms. The summed E-state index contributed by atoms with van der Waals surface area (Å²) in [5.74, 6) is -0.490. The highest BCUT2D eigenvalue weighted by Crippen LogP contribution is 2.55. The van der Waals surface area contributed by atoms with Crippen LogP contribution in [-0.4, -0.2) is 69.1 Å². The molecule has 172 valence electrons. The van der Waals surface area contributed by atoms with E-state index in [9.17, 15) is 28.2 Å². The van der Waals surface area contributed by atoms with Gasteiger partial charge in [-0.3, -0.25) is 9.78 Å². The maximum atomic E-state index is 12.8. The molecule has 0 aromatic carbocycles. The number of nitrogens with zero attached hydrogens (tertiary/aromatic N) is 2. The Morgan fingerprint density at radius 1 is 1.23 bits per heavy atom. The van der Waals surface area contributed by atoms with Crippen LogP contribution in [0.4, 0.5) is 19.0 Å². The number of aliphatic hydroxyl groups is 2. The first kappa shape index (κ1) is 22.2. The second kappa shape index (κ2) is 8.15. The number of alkyl halides is 3. The summed E-state index contributed by atoms with van der Waals surface area (Å²) in [6.45, 7) is -0.126. The van der Waals surface area contributed by atoms with Crippen LogP contribution in [0, 0.1) is 5.41 Å². The number of hydrogen-bond acceptors (Lipinski definition) is 8. The first-order valence-corrected chi connectivity index (χ1v) is 10.2. The molecule has 2 aliphatic carbocycles. The van der Waals surface area contributed by atoms with Crippen LogP contribution in [0.2, 0.25) is 0 Å². The van der Waals surface area contributed by atoms with Gasteiger partial charge in [-0.2, -0.15) is 13.2 Å². The predicted molar refractivity (Wildman–Crippen MR) is 102 cm³/mol. The maximum absolute atomic E-state index is 12.8. The van der Waals surface area contributed by atoms with Crippen LogP contribution in [0.1, 0.15) is 37.8 Å². The quantitative estimate of drug-likeness (QED) is 0.432. The van der Waals surface area contributed by atoms with Crippen LogP contribution in [0.15, 0.2) is 12.4 Å². The summed E-state index contributed by atoms with van der Waals surface area (Å²) in [4.78, 5) is 19.2. The number of carbonyl (C=O) groups is 1. The number of amides is 1. The third-order valence-electron chi connectivity index (χ3n) is 6.39. The number of carbonyl (C=O) groups excluding carboxylic acids is 1. The Balaban J connectivity index is 1.26. The van der Waals surface area contributed by atoms with E-state index in [0.717, 1.165) is 31.9 Å². The molecule has 1 aliphatic heterocycles. The molecule has 2 saturated carbocycles. The van der Waals surface area contributed by atoms with E-state index in [1.165, 1.54) is 0 Å². The number of halogens is 3. The van der Waals surface area contributed by atoms with Gasteiger partial charge in [-0.1, -0.05) is 0 Å². The summed E-state index contributed by atoms with van der Waals surface area (Å²) in [6.07, 6.45) is -3.04. The molecule has 9 nitrogen and oxygen atoms in total. The minimum absolute atomic E-state index is 0.0829. The molecule has 1 aromatic rings. The van der Waals surface area contributed by atoms with Crippen LogP contribution >= 0.6 is 0 Å². The molecule has 1 saturated heterocycles. The first-order valence-electron chi connectivity index (χ1n) is 10.2. The molecule has 6 N–H and O–H groups in total. The monoisotopic (exact) mass is 445 g/mol. The number of nitrogens with two attached hydrogens (primary N) is 1. The van der Waals surface area contributed by atoms with Gasteiger partial charge in [0.25, 0.3) is 0 Å². The minimum atomic E-state index is -4.66. The average molecular weight is 445 g/mol. The summed E-state index contributed by atoms with van der Waals surface area (Å²) in [5, 5.41) is 26.3. The van der Waals surface area contributed by atoms with Gasteiger partial charge >= 0.3 is 6.18 Å². The highest BCUT2D eigenvalue weighted by atomic mass is 19.4. The van der Waals surface area contributed by atoms with Crippen LogP contribution in [-0.2, 0) is 15.7 Å². The molecule has 1 aromatic heterocycles. The molecule has 31 heavy (non-hydrogen) atoms. The van der Waals surface area contributed by atoms with E-state index in [-0.39, 0.29) is 42.3 Å². The van der Waals surface area contributed by atoms with Gasteiger partial charge < -0.3 is 31.3 Å². The Hall–Kier alpha value is -2.02. The van der Waals surface area contributed by atoms with E-state index in [2.05, 4.69) is 20.6 Å². The number of anilines is 1. The number of ether oxygens (including phenoxy) is 1. The summed E-state index contributed by atoms with van der Waals surface area (Å²) in [7, 11) is 0. The van der Waals surface area contributed by atoms with Gasteiger partial charge in [0.05, 0.1) is 37.6 Å². The Kier molecular flexibility index (Phi) is 5.83. The third-order valence-corrected chi connectivity index (χ3v) is 6.39. The Morgan fingerprint density at radius 3 is 2.58 bits per heavy atom. The van der Waals surface area contributed by atoms with Crippen LogP contribution < -0.4 is 16.4 Å². The number of nitrogens with one attached hydrogen (secondary N) is 2. The summed E-state index contributed by atoms with van der Waals surface area (Å²) >= 11 is 0. The lowest BCUT2D eigenvalue weighted by Crippen LogP contribution is -2.60. The van der Waals surface area contributed by atoms with Gasteiger partial charge in [0.1, 0.15) is 18.0 Å². The van der Waals surface area contributed by atoms with Crippen molar-refractivity contribution in [2.75, 3.05) is 11.9 Å². The fourth-order valence-electron chi connectivity index (χ4n) is 4.89. The van der Waals surface area contributed by atoms with Crippen LogP contribution in [0.5, 0.6) is 0 Å². The zero-order valence-electron chi connectivity index (χ0n) is 16.7. The lowest BCUT2D eigenvalue weighted by atomic mass is 9.52. The highest BCUT2D eigenvalue weighted by Gasteiger charge is 2.52. The van der Waals surface area contributed by atoms with Crippen molar-refractivity contribution in [2.45, 2.75) is 74.7 Å². The van der Waals surface area contributed by atoms with Crippen molar-refractivity contribution in [3.63, 3.8) is 0 Å². The van der Waals surface area contributed by atoms with Crippen molar-refractivity contribution >= 4 is 11.7 Å². The van der Waals surface area contributed by atoms with Gasteiger partial charge in [-0.05, 0) is 31.1 Å². The molecular weight excluding hydrogens is 419 g/mol. The van der Waals surface area contributed by atoms with Gasteiger partial charge in [0, 0.05) is 12.1 Å². The summed E-state index contributed by atoms with van der Waals surface area (Å²) in [6, 6.07) is -0.576. The molecule has 3 aliphatic rings. The van der Waals surface area contributed by atoms with Gasteiger partial charge in [-0.15, -0.1) is 0 Å². The number of rotatable bonds is 5. The smallest absolute Gasteiger partial charge is 0.388 e. The second-order valence-electron chi connectivity index (χ2n) is 8.94. The molecule has 0 unspecified atom stereocenters. The average Bonchev–Trinajstić information content (AvgIpc) is 2.64. The van der Waals surface area contributed by atoms with Crippen molar-refractivity contribution in [3.8, 4) is 0 Å². The Bertz CT molecular complexity index is 812. The molecule has 4 atom stereocenters. The molecule has 2 heterocycles. The van der Waals surface area contributed by atoms with Gasteiger partial charge in [0.15, 0.2) is 5.69 Å². The lowest BCUT2D eigenvalue weighted by Gasteiger charge is -2.57. The number of aliphatic hydroxyl groups excluding tert-OH is 2. The fourth-order valence-corrected chi connectivity index (χ4v) is 4.89. The standard InChI is InChI=1S/C19H26F3N5O4/c20-19(21,22)13-6-24-7-14(27-13)26-11-8-31-12(17(30)16(11)29)1-15(28)25-10-4-18(5-10)2-9(23)3-18/h6-7,9-12,16-17,29-30H,1-5,8,23H2,(H,25,28)(H,26,27)/t9?,10?,11-,12+,16+,17-,18?/m0/s1. The molecule has 3 fully saturated rings. The van der Waals surface area contributed by atoms with Crippen molar-refractivity contribution in [1.82, 2.24) is 15.3 Å². The van der Waals surface area contributed by atoms with E-state index in [1.54, 1.807) is 0 Å². The van der Waals surface area contributed by atoms with E-state index >= 15 is 0 Å². The predicted octanol–water partition coefficient (Wildman–Crippen LogP) is 0.173. The molecular formula is C19H26F3N5O4. The SMILES string of the molecule is NC1CC2(C1)CC(NC(=O)C[C@H]1OC[C@H](Nc3cncc(C(F)(F)F)n3)[C@@H](O)[C@H]1O)C2. The van der Waals surface area contributed by atoms with Crippen LogP contribution in [0.25, 0.3) is 0 Å². The summed E-state index contributed by atoms with van der Waals surface area (Å²) in [5.41, 5.74) is 4.93. The van der Waals surface area contributed by atoms with Crippen molar-refractivity contribution in [3.05, 3.63) is 18.1 Å². The second-order valence-corrected chi connectivity index (χ2v) is 8.94. The zero-order chi connectivity index (χ0) is 22.4. The molecule has 1 amide bonds. The zero-order valence-corrected chi connectivity index (χ0v) is 16.7. The van der Waals surface area contributed by atoms with E-state index < -0.39 is 36.2 Å². The molecule has 4 rings (SSSR count). The molecule has 1 spiro atoms. The third kappa shape index (κ3) is 4.76. The van der Waals surface area contributed by atoms with E-state index in [0.29, 0.717) is 6.20 Å². The van der Waals surface area contributed by atoms with Crippen LogP contribution in [0.3, 0.4) is 0 Å².